The fourth-order valence-corrected chi connectivity index (χ4v) is 0. The number of halogens is 3. The second kappa shape index (κ2) is 81.7. The summed E-state index contributed by atoms with van der Waals surface area (Å²) in [5.41, 5.74) is 0. The Balaban J connectivity index is -0.0000000221. The Bertz CT molecular complexity index is 20.3. The second-order valence-corrected chi connectivity index (χ2v) is 1.13. The molecule has 0 amide bonds. The van der Waals surface area contributed by atoms with Gasteiger partial charge in [0, 0.05) is 11.8 Å². The highest BCUT2D eigenvalue weighted by atomic mass is 35.5. The van der Waals surface area contributed by atoms with E-state index in [-0.39, 0.29) is 12.4 Å². The van der Waals surface area contributed by atoms with Crippen molar-refractivity contribution in [3.8, 4) is 0 Å². The van der Waals surface area contributed by atoms with Crippen LogP contribution in [0, 0.1) is 0 Å². The van der Waals surface area contributed by atoms with E-state index in [2.05, 4.69) is 26.3 Å². The molecule has 0 unspecified atom stereocenters. The molecule has 58 valence electrons. The van der Waals surface area contributed by atoms with Crippen molar-refractivity contribution in [3.05, 3.63) is 26.3 Å². The van der Waals surface area contributed by atoms with Gasteiger partial charge in [0.1, 0.15) is 0 Å². The van der Waals surface area contributed by atoms with Gasteiger partial charge in [-0.15, -0.1) is 61.9 Å². The molecule has 0 aromatic carbocycles. The molecule has 0 spiro atoms. The van der Waals surface area contributed by atoms with Gasteiger partial charge in [-0.1, -0.05) is 0 Å². The van der Waals surface area contributed by atoms with Gasteiger partial charge in [0.15, 0.2) is 0 Å². The van der Waals surface area contributed by atoms with Crippen LogP contribution in [0.4, 0.5) is 0 Å². The second-order valence-electron chi connectivity index (χ2n) is 0.378. The lowest BCUT2D eigenvalue weighted by Gasteiger charge is -1.63. The summed E-state index contributed by atoms with van der Waals surface area (Å²) in [5, 5.41) is 0. The molecule has 0 aliphatic rings. The summed E-state index contributed by atoms with van der Waals surface area (Å²) < 4.78 is 0. The van der Waals surface area contributed by atoms with Crippen molar-refractivity contribution < 1.29 is 0 Å². The largest absolute Gasteiger partial charge is 0.147 e. The fourth-order valence-electron chi connectivity index (χ4n) is 0. The molecule has 0 radical (unpaired) electrons. The molecule has 0 N–H and O–H groups in total. The van der Waals surface area contributed by atoms with Gasteiger partial charge in [-0.3, -0.25) is 0 Å². The zero-order valence-electron chi connectivity index (χ0n) is 5.41. The van der Waals surface area contributed by atoms with Crippen molar-refractivity contribution >= 4 is 35.6 Å². The maximum atomic E-state index is 5.05. The van der Waals surface area contributed by atoms with E-state index in [0.717, 1.165) is 0 Å². The first kappa shape index (κ1) is 22.8. The van der Waals surface area contributed by atoms with Gasteiger partial charge in [-0.25, -0.2) is 0 Å². The lowest BCUT2D eigenvalue weighted by atomic mass is 11.0. The number of hydrogen-bond acceptors (Lipinski definition) is 0. The Morgan fingerprint density at radius 1 is 0.778 bits per heavy atom. The lowest BCUT2D eigenvalue weighted by Crippen LogP contribution is -1.63. The number of alkyl halides is 2. The van der Waals surface area contributed by atoms with Crippen molar-refractivity contribution in [2.24, 2.45) is 0 Å². The SMILES string of the molecule is C=C.C=C.Cl.ClCCCl. The van der Waals surface area contributed by atoms with Gasteiger partial charge in [0.25, 0.3) is 0 Å². The van der Waals surface area contributed by atoms with Gasteiger partial charge in [-0.05, 0) is 0 Å². The third kappa shape index (κ3) is 185. The molecule has 0 aromatic rings. The summed E-state index contributed by atoms with van der Waals surface area (Å²) in [5.74, 6) is 1.11. The molecule has 0 atom stereocenters. The van der Waals surface area contributed by atoms with Crippen molar-refractivity contribution in [1.82, 2.24) is 0 Å². The van der Waals surface area contributed by atoms with Crippen LogP contribution >= 0.6 is 35.6 Å². The van der Waals surface area contributed by atoms with Gasteiger partial charge in [0.05, 0.1) is 0 Å². The molecular formula is C6H13Cl3. The van der Waals surface area contributed by atoms with Crippen LogP contribution in [0.5, 0.6) is 0 Å². The molecule has 0 saturated carbocycles. The Labute approximate surface area is 74.0 Å². The van der Waals surface area contributed by atoms with E-state index in [1.54, 1.807) is 0 Å². The highest BCUT2D eigenvalue weighted by Gasteiger charge is 1.61. The van der Waals surface area contributed by atoms with Crippen molar-refractivity contribution in [2.45, 2.75) is 0 Å². The standard InChI is InChI=1S/C2H4Cl2.2C2H4.ClH/c3-1-2-4;2*1-2;/h1-2H2;2*1-2H2;1H. The zero-order valence-corrected chi connectivity index (χ0v) is 7.74. The van der Waals surface area contributed by atoms with Crippen molar-refractivity contribution in [2.75, 3.05) is 11.8 Å². The van der Waals surface area contributed by atoms with E-state index < -0.39 is 0 Å². The van der Waals surface area contributed by atoms with Gasteiger partial charge in [0.2, 0.25) is 0 Å². The van der Waals surface area contributed by atoms with E-state index in [1.165, 1.54) is 0 Å². The van der Waals surface area contributed by atoms with Gasteiger partial charge >= 0.3 is 0 Å². The number of rotatable bonds is 1. The first-order chi connectivity index (χ1) is 3.91. The highest BCUT2D eigenvalue weighted by molar-refractivity contribution is 6.25. The fraction of sp³-hybridized carbons (Fsp3) is 0.333. The summed E-state index contributed by atoms with van der Waals surface area (Å²) in [6.45, 7) is 12.0. The quantitative estimate of drug-likeness (QED) is 0.440. The van der Waals surface area contributed by atoms with E-state index in [9.17, 15) is 0 Å². The molecule has 0 aliphatic heterocycles. The zero-order chi connectivity index (χ0) is 7.41. The van der Waals surface area contributed by atoms with E-state index in [0.29, 0.717) is 11.8 Å². The van der Waals surface area contributed by atoms with Crippen LogP contribution in [-0.4, -0.2) is 11.8 Å². The van der Waals surface area contributed by atoms with Crippen LogP contribution in [0.1, 0.15) is 0 Å². The Kier molecular flexibility index (Phi) is 207. The monoisotopic (exact) mass is 190 g/mol. The summed E-state index contributed by atoms with van der Waals surface area (Å²) in [4.78, 5) is 0. The first-order valence-electron chi connectivity index (χ1n) is 2.03. The minimum atomic E-state index is 0. The third-order valence-electron chi connectivity index (χ3n) is 0.0714. The van der Waals surface area contributed by atoms with Crippen LogP contribution < -0.4 is 0 Å². The first-order valence-corrected chi connectivity index (χ1v) is 3.10. The minimum Gasteiger partial charge on any atom is -0.147 e. The molecule has 0 aromatic heterocycles. The molecule has 0 aliphatic carbocycles. The van der Waals surface area contributed by atoms with Crippen molar-refractivity contribution in [3.63, 3.8) is 0 Å². The number of hydrogen-bond donors (Lipinski definition) is 0. The van der Waals surface area contributed by atoms with Gasteiger partial charge < -0.3 is 0 Å². The average molecular weight is 192 g/mol. The normalized spacial score (nSPS) is 4.22. The molecule has 0 fully saturated rings. The third-order valence-corrected chi connectivity index (χ3v) is 0.643. The predicted molar refractivity (Wildman–Crippen MR) is 51.2 cm³/mol. The van der Waals surface area contributed by atoms with E-state index >= 15 is 0 Å². The molecule has 9 heavy (non-hydrogen) atoms. The molecule has 0 rings (SSSR count). The molecule has 0 bridgehead atoms. The molecular weight excluding hydrogens is 178 g/mol. The maximum Gasteiger partial charge on any atom is 0.0359 e. The summed E-state index contributed by atoms with van der Waals surface area (Å²) in [7, 11) is 0. The van der Waals surface area contributed by atoms with Crippen LogP contribution in [0.15, 0.2) is 26.3 Å². The van der Waals surface area contributed by atoms with Crippen molar-refractivity contribution in [1.29, 1.82) is 0 Å². The molecule has 0 nitrogen and oxygen atoms in total. The molecule has 3 heteroatoms. The van der Waals surface area contributed by atoms with Crippen LogP contribution in [0.2, 0.25) is 0 Å². The van der Waals surface area contributed by atoms with Gasteiger partial charge in [-0.2, -0.15) is 0 Å². The highest BCUT2D eigenvalue weighted by Crippen LogP contribution is 1.75. The summed E-state index contributed by atoms with van der Waals surface area (Å²) in [6, 6.07) is 0. The molecule has 0 saturated heterocycles. The Morgan fingerprint density at radius 2 is 0.889 bits per heavy atom. The van der Waals surface area contributed by atoms with Crippen LogP contribution in [0.3, 0.4) is 0 Å². The predicted octanol–water partition coefficient (Wildman–Crippen LogP) is 3.49. The minimum absolute atomic E-state index is 0. The lowest BCUT2D eigenvalue weighted by molar-refractivity contribution is 1.52. The smallest absolute Gasteiger partial charge is 0.0359 e. The Morgan fingerprint density at radius 3 is 0.889 bits per heavy atom. The maximum absolute atomic E-state index is 5.05. The van der Waals surface area contributed by atoms with Crippen LogP contribution in [0.25, 0.3) is 0 Å². The van der Waals surface area contributed by atoms with E-state index in [1.807, 2.05) is 0 Å². The van der Waals surface area contributed by atoms with Crippen LogP contribution in [-0.2, 0) is 0 Å². The Hall–Kier alpha value is 0.350. The van der Waals surface area contributed by atoms with E-state index in [4.69, 9.17) is 23.2 Å². The molecule has 0 heterocycles. The average Bonchev–Trinajstić information content (AvgIpc) is 1.96. The summed E-state index contributed by atoms with van der Waals surface area (Å²) >= 11 is 10.1. The topological polar surface area (TPSA) is 0 Å². The summed E-state index contributed by atoms with van der Waals surface area (Å²) in [6.07, 6.45) is 0.